The Morgan fingerprint density at radius 2 is 1.96 bits per heavy atom. The Hall–Kier alpha value is -2.25. The van der Waals surface area contributed by atoms with Crippen molar-refractivity contribution in [2.45, 2.75) is 79.5 Å². The van der Waals surface area contributed by atoms with Gasteiger partial charge in [0.15, 0.2) is 5.96 Å². The van der Waals surface area contributed by atoms with Crippen LogP contribution in [0.15, 0.2) is 9.41 Å². The molecule has 3 N–H and O–H groups in total. The van der Waals surface area contributed by atoms with Gasteiger partial charge in [-0.25, -0.2) is 14.8 Å². The highest BCUT2D eigenvalue weighted by Crippen LogP contribution is 2.09. The fourth-order valence-electron chi connectivity index (χ4n) is 2.36. The number of hydrogen-bond acceptors (Lipinski definition) is 5. The zero-order chi connectivity index (χ0) is 20.4. The van der Waals surface area contributed by atoms with Crippen LogP contribution in [0.1, 0.15) is 64.8 Å². The number of oxazole rings is 1. The van der Waals surface area contributed by atoms with E-state index in [1.165, 1.54) is 0 Å². The van der Waals surface area contributed by atoms with E-state index in [-0.39, 0.29) is 6.04 Å². The molecule has 1 rings (SSSR count). The van der Waals surface area contributed by atoms with Crippen LogP contribution in [0.25, 0.3) is 0 Å². The Morgan fingerprint density at radius 1 is 1.26 bits per heavy atom. The number of aliphatic imine (C=N–C) groups is 1. The second kappa shape index (κ2) is 10.8. The molecule has 8 heteroatoms. The van der Waals surface area contributed by atoms with Crippen LogP contribution < -0.4 is 16.0 Å². The predicted octanol–water partition coefficient (Wildman–Crippen LogP) is 3.04. The molecule has 0 radical (unpaired) electrons. The lowest BCUT2D eigenvalue weighted by atomic mass is 10.1. The van der Waals surface area contributed by atoms with E-state index in [0.29, 0.717) is 24.9 Å². The number of carbonyl (C=O) groups is 1. The van der Waals surface area contributed by atoms with E-state index in [1.807, 2.05) is 41.5 Å². The Bertz CT molecular complexity index is 600. The summed E-state index contributed by atoms with van der Waals surface area (Å²) in [6, 6.07) is -0.0556. The molecule has 0 saturated heterocycles. The van der Waals surface area contributed by atoms with Gasteiger partial charge in [0.2, 0.25) is 5.89 Å². The minimum atomic E-state index is -0.517. The van der Waals surface area contributed by atoms with Crippen LogP contribution in [-0.2, 0) is 11.3 Å². The minimum absolute atomic E-state index is 0.0556. The molecule has 1 aromatic heterocycles. The van der Waals surface area contributed by atoms with Crippen molar-refractivity contribution < 1.29 is 13.9 Å². The fourth-order valence-corrected chi connectivity index (χ4v) is 2.36. The fraction of sp³-hybridized carbons (Fsp3) is 0.737. The van der Waals surface area contributed by atoms with Gasteiger partial charge in [-0.3, -0.25) is 0 Å². The Labute approximate surface area is 162 Å². The second-order valence-corrected chi connectivity index (χ2v) is 7.46. The number of aryl methyl sites for hydroxylation is 2. The van der Waals surface area contributed by atoms with Gasteiger partial charge in [-0.05, 0) is 48.0 Å². The lowest BCUT2D eigenvalue weighted by molar-refractivity contribution is 0.0502. The number of rotatable bonds is 8. The highest BCUT2D eigenvalue weighted by atomic mass is 16.6. The van der Waals surface area contributed by atoms with Gasteiger partial charge in [0, 0.05) is 19.1 Å². The van der Waals surface area contributed by atoms with E-state index in [0.717, 1.165) is 30.8 Å². The van der Waals surface area contributed by atoms with Crippen LogP contribution in [0.4, 0.5) is 4.79 Å². The molecule has 0 saturated carbocycles. The monoisotopic (exact) mass is 381 g/mol. The first-order chi connectivity index (χ1) is 12.6. The van der Waals surface area contributed by atoms with Gasteiger partial charge in [0.25, 0.3) is 0 Å². The van der Waals surface area contributed by atoms with Crippen LogP contribution in [0.5, 0.6) is 0 Å². The van der Waals surface area contributed by atoms with Gasteiger partial charge in [-0.2, -0.15) is 0 Å². The van der Waals surface area contributed by atoms with E-state index < -0.39 is 11.7 Å². The maximum atomic E-state index is 12.0. The van der Waals surface area contributed by atoms with Gasteiger partial charge in [-0.1, -0.05) is 13.3 Å². The van der Waals surface area contributed by atoms with Crippen LogP contribution in [0.3, 0.4) is 0 Å². The summed E-state index contributed by atoms with van der Waals surface area (Å²) in [4.78, 5) is 20.9. The van der Waals surface area contributed by atoms with Crippen molar-refractivity contribution >= 4 is 12.1 Å². The standard InChI is InChI=1S/C19H35N5O3/c1-8-10-15(24-18(25)27-19(5,6)7)11-21-17(20-9-2)22-12-16-23-13(3)14(4)26-16/h15H,8-12H2,1-7H3,(H,24,25)(H2,20,21,22). The van der Waals surface area contributed by atoms with Crippen LogP contribution in [-0.4, -0.2) is 41.8 Å². The molecule has 1 atom stereocenters. The lowest BCUT2D eigenvalue weighted by Crippen LogP contribution is -2.48. The second-order valence-electron chi connectivity index (χ2n) is 7.46. The van der Waals surface area contributed by atoms with Gasteiger partial charge in [0.05, 0.1) is 5.69 Å². The zero-order valence-electron chi connectivity index (χ0n) is 17.7. The van der Waals surface area contributed by atoms with Crippen molar-refractivity contribution in [2.75, 3.05) is 13.1 Å². The molecular formula is C19H35N5O3. The molecule has 1 unspecified atom stereocenters. The van der Waals surface area contributed by atoms with Crippen molar-refractivity contribution in [1.82, 2.24) is 20.9 Å². The summed E-state index contributed by atoms with van der Waals surface area (Å²) >= 11 is 0. The van der Waals surface area contributed by atoms with Crippen LogP contribution in [0, 0.1) is 13.8 Å². The van der Waals surface area contributed by atoms with E-state index in [2.05, 4.69) is 32.9 Å². The normalized spacial score (nSPS) is 13.2. The summed E-state index contributed by atoms with van der Waals surface area (Å²) in [6.45, 7) is 15.0. The van der Waals surface area contributed by atoms with Crippen LogP contribution >= 0.6 is 0 Å². The molecular weight excluding hydrogens is 346 g/mol. The first-order valence-electron chi connectivity index (χ1n) is 9.59. The summed E-state index contributed by atoms with van der Waals surface area (Å²) in [5, 5.41) is 9.37. The van der Waals surface area contributed by atoms with Gasteiger partial charge in [-0.15, -0.1) is 0 Å². The van der Waals surface area contributed by atoms with Gasteiger partial charge >= 0.3 is 6.09 Å². The highest BCUT2D eigenvalue weighted by molar-refractivity contribution is 5.79. The van der Waals surface area contributed by atoms with Crippen molar-refractivity contribution in [3.05, 3.63) is 17.3 Å². The zero-order valence-corrected chi connectivity index (χ0v) is 17.7. The molecule has 0 fully saturated rings. The number of ether oxygens (including phenoxy) is 1. The maximum absolute atomic E-state index is 12.0. The summed E-state index contributed by atoms with van der Waals surface area (Å²) in [7, 11) is 0. The quantitative estimate of drug-likeness (QED) is 0.473. The molecule has 27 heavy (non-hydrogen) atoms. The lowest BCUT2D eigenvalue weighted by Gasteiger charge is -2.24. The topological polar surface area (TPSA) is 101 Å². The molecule has 0 aliphatic carbocycles. The predicted molar refractivity (Wildman–Crippen MR) is 107 cm³/mol. The first kappa shape index (κ1) is 22.8. The number of nitrogens with one attached hydrogen (secondary N) is 3. The van der Waals surface area contributed by atoms with Crippen LogP contribution in [0.2, 0.25) is 0 Å². The third-order valence-corrected chi connectivity index (χ3v) is 3.66. The smallest absolute Gasteiger partial charge is 0.407 e. The van der Waals surface area contributed by atoms with Gasteiger partial charge in [0.1, 0.15) is 17.9 Å². The molecule has 154 valence electrons. The number of hydrogen-bond donors (Lipinski definition) is 3. The van der Waals surface area contributed by atoms with Gasteiger partial charge < -0.3 is 25.1 Å². The van der Waals surface area contributed by atoms with Crippen molar-refractivity contribution in [3.63, 3.8) is 0 Å². The Kier molecular flexibility index (Phi) is 9.11. The number of aromatic nitrogens is 1. The van der Waals surface area contributed by atoms with E-state index in [1.54, 1.807) is 0 Å². The molecule has 1 heterocycles. The number of carbonyl (C=O) groups excluding carboxylic acids is 1. The number of alkyl carbamates (subject to hydrolysis) is 1. The van der Waals surface area contributed by atoms with Crippen molar-refractivity contribution in [2.24, 2.45) is 4.99 Å². The molecule has 0 bridgehead atoms. The molecule has 8 nitrogen and oxygen atoms in total. The molecule has 0 aromatic carbocycles. The Balaban J connectivity index is 2.64. The summed E-state index contributed by atoms with van der Waals surface area (Å²) in [6.07, 6.45) is 1.38. The molecule has 0 spiro atoms. The molecule has 0 aliphatic heterocycles. The average Bonchev–Trinajstić information content (AvgIpc) is 2.86. The average molecular weight is 382 g/mol. The van der Waals surface area contributed by atoms with E-state index in [4.69, 9.17) is 9.15 Å². The molecule has 1 amide bonds. The number of guanidine groups is 1. The number of amides is 1. The molecule has 1 aromatic rings. The molecule has 0 aliphatic rings. The SMILES string of the molecule is CCCC(CNC(=NCc1nc(C)c(C)o1)NCC)NC(=O)OC(C)(C)C. The van der Waals surface area contributed by atoms with E-state index in [9.17, 15) is 4.79 Å². The summed E-state index contributed by atoms with van der Waals surface area (Å²) in [5.74, 6) is 2.04. The third-order valence-electron chi connectivity index (χ3n) is 3.66. The van der Waals surface area contributed by atoms with Crippen molar-refractivity contribution in [3.8, 4) is 0 Å². The maximum Gasteiger partial charge on any atom is 0.407 e. The first-order valence-corrected chi connectivity index (χ1v) is 9.59. The Morgan fingerprint density at radius 3 is 2.48 bits per heavy atom. The minimum Gasteiger partial charge on any atom is -0.444 e. The third kappa shape index (κ3) is 9.30. The summed E-state index contributed by atoms with van der Waals surface area (Å²) in [5.41, 5.74) is 0.361. The largest absolute Gasteiger partial charge is 0.444 e. The summed E-state index contributed by atoms with van der Waals surface area (Å²) < 4.78 is 10.9. The van der Waals surface area contributed by atoms with E-state index >= 15 is 0 Å². The van der Waals surface area contributed by atoms with Crippen molar-refractivity contribution in [1.29, 1.82) is 0 Å². The highest BCUT2D eigenvalue weighted by Gasteiger charge is 2.19. The number of nitrogens with zero attached hydrogens (tertiary/aromatic N) is 2.